The van der Waals surface area contributed by atoms with E-state index in [1.54, 1.807) is 18.7 Å². The Morgan fingerprint density at radius 3 is 2.88 bits per heavy atom. The Balaban J connectivity index is 2.14. The van der Waals surface area contributed by atoms with Gasteiger partial charge in [-0.05, 0) is 33.6 Å². The van der Waals surface area contributed by atoms with Crippen molar-refractivity contribution in [3.8, 4) is 0 Å². The molecule has 4 nitrogen and oxygen atoms in total. The fraction of sp³-hybridized carbons (Fsp3) is 0.917. The molecule has 0 aromatic heterocycles. The third kappa shape index (κ3) is 5.27. The summed E-state index contributed by atoms with van der Waals surface area (Å²) in [5, 5.41) is 0. The van der Waals surface area contributed by atoms with Crippen LogP contribution in [0.1, 0.15) is 33.6 Å². The molecule has 1 rings (SSSR count). The van der Waals surface area contributed by atoms with Gasteiger partial charge in [0, 0.05) is 11.5 Å². The summed E-state index contributed by atoms with van der Waals surface area (Å²) in [5.41, 5.74) is 5.71. The highest BCUT2D eigenvalue weighted by Gasteiger charge is 2.31. The van der Waals surface area contributed by atoms with Crippen LogP contribution in [-0.2, 0) is 14.3 Å². The fourth-order valence-electron chi connectivity index (χ4n) is 1.84. The molecule has 1 aliphatic rings. The fourth-order valence-corrected chi connectivity index (χ4v) is 2.86. The van der Waals surface area contributed by atoms with Gasteiger partial charge in [0.2, 0.25) is 0 Å². The van der Waals surface area contributed by atoms with E-state index in [1.165, 1.54) is 0 Å². The van der Waals surface area contributed by atoms with Gasteiger partial charge in [0.15, 0.2) is 0 Å². The molecule has 2 unspecified atom stereocenters. The normalized spacial score (nSPS) is 24.6. The summed E-state index contributed by atoms with van der Waals surface area (Å²) in [7, 11) is 0. The average Bonchev–Trinajstić information content (AvgIpc) is 2.58. The molecule has 17 heavy (non-hydrogen) atoms. The minimum Gasteiger partial charge on any atom is -0.465 e. The van der Waals surface area contributed by atoms with Gasteiger partial charge in [0.05, 0.1) is 18.3 Å². The van der Waals surface area contributed by atoms with Crippen LogP contribution in [0.3, 0.4) is 0 Å². The number of thioether (sulfide) groups is 1. The molecule has 0 amide bonds. The average molecular weight is 261 g/mol. The van der Waals surface area contributed by atoms with E-state index in [0.717, 1.165) is 18.6 Å². The van der Waals surface area contributed by atoms with Crippen LogP contribution in [0, 0.1) is 0 Å². The van der Waals surface area contributed by atoms with E-state index in [4.69, 9.17) is 15.2 Å². The molecule has 2 atom stereocenters. The first kappa shape index (κ1) is 14.8. The largest absolute Gasteiger partial charge is 0.465 e. The molecule has 0 bridgehead atoms. The van der Waals surface area contributed by atoms with Crippen LogP contribution in [0.25, 0.3) is 0 Å². The van der Waals surface area contributed by atoms with E-state index in [2.05, 4.69) is 13.8 Å². The molecule has 0 aromatic carbocycles. The summed E-state index contributed by atoms with van der Waals surface area (Å²) in [6, 6.07) is -0.519. The van der Waals surface area contributed by atoms with Crippen molar-refractivity contribution in [1.82, 2.24) is 0 Å². The minimum absolute atomic E-state index is 0.00842. The predicted molar refractivity (Wildman–Crippen MR) is 70.1 cm³/mol. The van der Waals surface area contributed by atoms with Gasteiger partial charge in [-0.15, -0.1) is 0 Å². The van der Waals surface area contributed by atoms with E-state index in [9.17, 15) is 4.79 Å². The molecule has 5 heteroatoms. The van der Waals surface area contributed by atoms with Crippen molar-refractivity contribution in [3.63, 3.8) is 0 Å². The smallest absolute Gasteiger partial charge is 0.323 e. The summed E-state index contributed by atoms with van der Waals surface area (Å²) in [6.45, 7) is 6.40. The van der Waals surface area contributed by atoms with Gasteiger partial charge in [0.25, 0.3) is 0 Å². The zero-order valence-electron chi connectivity index (χ0n) is 10.9. The second kappa shape index (κ2) is 6.61. The van der Waals surface area contributed by atoms with Gasteiger partial charge in [-0.25, -0.2) is 0 Å². The monoisotopic (exact) mass is 261 g/mol. The van der Waals surface area contributed by atoms with Crippen LogP contribution < -0.4 is 5.73 Å². The molecule has 0 aromatic rings. The number of nitrogens with two attached hydrogens (primary N) is 1. The summed E-state index contributed by atoms with van der Waals surface area (Å²) in [6.07, 6.45) is 2.49. The molecule has 1 fully saturated rings. The molecule has 1 saturated heterocycles. The molecular formula is C12H23NO3S. The number of carbonyl (C=O) groups is 1. The maximum atomic E-state index is 11.3. The van der Waals surface area contributed by atoms with E-state index >= 15 is 0 Å². The van der Waals surface area contributed by atoms with Gasteiger partial charge in [-0.3, -0.25) is 4.79 Å². The molecule has 0 aliphatic carbocycles. The molecule has 100 valence electrons. The van der Waals surface area contributed by atoms with E-state index in [-0.39, 0.29) is 11.6 Å². The van der Waals surface area contributed by atoms with Crippen molar-refractivity contribution >= 4 is 17.7 Å². The highest BCUT2D eigenvalue weighted by molar-refractivity contribution is 7.99. The number of carbonyl (C=O) groups excluding carboxylic acids is 1. The quantitative estimate of drug-likeness (QED) is 0.735. The minimum atomic E-state index is -0.519. The van der Waals surface area contributed by atoms with Crippen molar-refractivity contribution in [3.05, 3.63) is 0 Å². The number of hydrogen-bond donors (Lipinski definition) is 1. The Labute approximate surface area is 108 Å². The van der Waals surface area contributed by atoms with Crippen LogP contribution in [0.2, 0.25) is 0 Å². The van der Waals surface area contributed by atoms with Gasteiger partial charge in [-0.1, -0.05) is 0 Å². The number of rotatable bonds is 6. The Morgan fingerprint density at radius 1 is 1.65 bits per heavy atom. The third-order valence-electron chi connectivity index (χ3n) is 2.74. The van der Waals surface area contributed by atoms with Crippen LogP contribution in [0.5, 0.6) is 0 Å². The Hall–Kier alpha value is -0.260. The lowest BCUT2D eigenvalue weighted by atomic mass is 10.1. The highest BCUT2D eigenvalue weighted by Crippen LogP contribution is 2.30. The maximum absolute atomic E-state index is 11.3. The third-order valence-corrected chi connectivity index (χ3v) is 3.95. The zero-order chi connectivity index (χ0) is 12.9. The van der Waals surface area contributed by atoms with Gasteiger partial charge < -0.3 is 15.2 Å². The molecule has 1 aliphatic heterocycles. The van der Waals surface area contributed by atoms with E-state index < -0.39 is 6.04 Å². The van der Waals surface area contributed by atoms with Gasteiger partial charge >= 0.3 is 5.97 Å². The van der Waals surface area contributed by atoms with Crippen LogP contribution in [0.15, 0.2) is 0 Å². The first-order valence-corrected chi connectivity index (χ1v) is 7.28. The molecule has 0 saturated carbocycles. The second-order valence-electron chi connectivity index (χ2n) is 4.93. The Bertz CT molecular complexity index is 258. The standard InChI is InChI=1S/C12H23NO3S/c1-4-15-11(14)10(13)8-17-7-9-5-6-12(2,3)16-9/h9-10H,4-8,13H2,1-3H3. The van der Waals surface area contributed by atoms with Crippen LogP contribution in [-0.4, -0.2) is 41.8 Å². The summed E-state index contributed by atoms with van der Waals surface area (Å²) in [4.78, 5) is 11.3. The first-order valence-electron chi connectivity index (χ1n) is 6.12. The van der Waals surface area contributed by atoms with Crippen molar-refractivity contribution < 1.29 is 14.3 Å². The lowest BCUT2D eigenvalue weighted by Crippen LogP contribution is -2.35. The molecule has 0 spiro atoms. The zero-order valence-corrected chi connectivity index (χ0v) is 11.7. The van der Waals surface area contributed by atoms with E-state index in [0.29, 0.717) is 18.5 Å². The van der Waals surface area contributed by atoms with Gasteiger partial charge in [0.1, 0.15) is 6.04 Å². The summed E-state index contributed by atoms with van der Waals surface area (Å²) in [5.74, 6) is 1.18. The SMILES string of the molecule is CCOC(=O)C(N)CSCC1CCC(C)(C)O1. The molecule has 1 heterocycles. The highest BCUT2D eigenvalue weighted by atomic mass is 32.2. The van der Waals surface area contributed by atoms with Crippen LogP contribution in [0.4, 0.5) is 0 Å². The number of esters is 1. The summed E-state index contributed by atoms with van der Waals surface area (Å²) >= 11 is 1.66. The topological polar surface area (TPSA) is 61.5 Å². The Kier molecular flexibility index (Phi) is 5.76. The van der Waals surface area contributed by atoms with E-state index in [1.807, 2.05) is 0 Å². The van der Waals surface area contributed by atoms with Crippen molar-refractivity contribution in [2.45, 2.75) is 51.4 Å². The number of hydrogen-bond acceptors (Lipinski definition) is 5. The Morgan fingerprint density at radius 2 is 2.35 bits per heavy atom. The molecule has 0 radical (unpaired) electrons. The number of ether oxygens (including phenoxy) is 2. The predicted octanol–water partition coefficient (Wildman–Crippen LogP) is 1.57. The maximum Gasteiger partial charge on any atom is 0.323 e. The van der Waals surface area contributed by atoms with Crippen molar-refractivity contribution in [2.24, 2.45) is 5.73 Å². The van der Waals surface area contributed by atoms with Gasteiger partial charge in [-0.2, -0.15) is 11.8 Å². The first-order chi connectivity index (χ1) is 7.94. The molecular weight excluding hydrogens is 238 g/mol. The second-order valence-corrected chi connectivity index (χ2v) is 6.01. The lowest BCUT2D eigenvalue weighted by Gasteiger charge is -2.19. The van der Waals surface area contributed by atoms with Crippen molar-refractivity contribution in [1.29, 1.82) is 0 Å². The van der Waals surface area contributed by atoms with Crippen LogP contribution >= 0.6 is 11.8 Å². The van der Waals surface area contributed by atoms with Crippen molar-refractivity contribution in [2.75, 3.05) is 18.1 Å². The molecule has 2 N–H and O–H groups in total. The summed E-state index contributed by atoms with van der Waals surface area (Å²) < 4.78 is 10.7. The lowest BCUT2D eigenvalue weighted by molar-refractivity contribution is -0.144.